The SMILES string of the molecule is CCNC(=O)c1ccc(CNC(=O)c2cnn(-c3ccccc3F)c2C(F)(F)F)cc1. The standard InChI is InChI=1S/C21H18F4N4O2/c1-2-26-19(30)14-9-7-13(8-10-14)11-27-20(31)15-12-28-29(18(15)21(23,24)25)17-6-4-3-5-16(17)22/h3-10,12H,2,11H2,1H3,(H,26,30)(H,27,31). The predicted molar refractivity (Wildman–Crippen MR) is 104 cm³/mol. The highest BCUT2D eigenvalue weighted by molar-refractivity contribution is 5.95. The average molecular weight is 434 g/mol. The van der Waals surface area contributed by atoms with Crippen LogP contribution in [0, 0.1) is 5.82 Å². The number of halogens is 4. The van der Waals surface area contributed by atoms with Gasteiger partial charge in [0.25, 0.3) is 11.8 Å². The van der Waals surface area contributed by atoms with Gasteiger partial charge in [-0.15, -0.1) is 0 Å². The quantitative estimate of drug-likeness (QED) is 0.581. The van der Waals surface area contributed by atoms with Crippen molar-refractivity contribution in [1.29, 1.82) is 0 Å². The second-order valence-electron chi connectivity index (χ2n) is 6.51. The minimum atomic E-state index is -4.94. The molecular formula is C21H18F4N4O2. The van der Waals surface area contributed by atoms with E-state index in [0.29, 0.717) is 22.4 Å². The zero-order valence-corrected chi connectivity index (χ0v) is 16.3. The number of hydrogen-bond acceptors (Lipinski definition) is 3. The Morgan fingerprint density at radius 2 is 1.68 bits per heavy atom. The van der Waals surface area contributed by atoms with Crippen LogP contribution in [-0.4, -0.2) is 28.1 Å². The Bertz CT molecular complexity index is 1090. The van der Waals surface area contributed by atoms with Gasteiger partial charge in [-0.2, -0.15) is 18.3 Å². The lowest BCUT2D eigenvalue weighted by atomic mass is 10.1. The van der Waals surface area contributed by atoms with Crippen LogP contribution in [0.3, 0.4) is 0 Å². The highest BCUT2D eigenvalue weighted by Gasteiger charge is 2.41. The molecule has 0 saturated carbocycles. The summed E-state index contributed by atoms with van der Waals surface area (Å²) in [6, 6.07) is 11.1. The number of aromatic nitrogens is 2. The van der Waals surface area contributed by atoms with Crippen LogP contribution in [-0.2, 0) is 12.7 Å². The van der Waals surface area contributed by atoms with Crippen molar-refractivity contribution in [3.63, 3.8) is 0 Å². The first-order valence-electron chi connectivity index (χ1n) is 9.27. The molecule has 0 atom stereocenters. The van der Waals surface area contributed by atoms with Crippen LogP contribution >= 0.6 is 0 Å². The van der Waals surface area contributed by atoms with Crippen LogP contribution in [0.2, 0.25) is 0 Å². The second kappa shape index (κ2) is 8.99. The van der Waals surface area contributed by atoms with Gasteiger partial charge in [-0.25, -0.2) is 9.07 Å². The smallest absolute Gasteiger partial charge is 0.352 e. The van der Waals surface area contributed by atoms with E-state index in [2.05, 4.69) is 15.7 Å². The molecule has 1 aromatic heterocycles. The third-order valence-corrected chi connectivity index (χ3v) is 4.37. The lowest BCUT2D eigenvalue weighted by Crippen LogP contribution is -2.26. The Morgan fingerprint density at radius 1 is 1.00 bits per heavy atom. The van der Waals surface area contributed by atoms with E-state index >= 15 is 0 Å². The predicted octanol–water partition coefficient (Wildman–Crippen LogP) is 3.71. The summed E-state index contributed by atoms with van der Waals surface area (Å²) in [5.74, 6) is -2.17. The molecular weight excluding hydrogens is 416 g/mol. The van der Waals surface area contributed by atoms with Crippen molar-refractivity contribution in [2.75, 3.05) is 6.54 Å². The summed E-state index contributed by atoms with van der Waals surface area (Å²) >= 11 is 0. The van der Waals surface area contributed by atoms with Crippen molar-refractivity contribution in [1.82, 2.24) is 20.4 Å². The molecule has 0 radical (unpaired) electrons. The Labute approximate surface area is 174 Å². The number of para-hydroxylation sites is 1. The maximum atomic E-state index is 14.0. The Balaban J connectivity index is 1.81. The van der Waals surface area contributed by atoms with E-state index in [1.54, 1.807) is 31.2 Å². The van der Waals surface area contributed by atoms with Gasteiger partial charge in [0.15, 0.2) is 5.69 Å². The van der Waals surface area contributed by atoms with Gasteiger partial charge in [-0.1, -0.05) is 24.3 Å². The summed E-state index contributed by atoms with van der Waals surface area (Å²) in [7, 11) is 0. The molecule has 31 heavy (non-hydrogen) atoms. The number of rotatable bonds is 6. The molecule has 0 aliphatic heterocycles. The van der Waals surface area contributed by atoms with Gasteiger partial charge in [-0.3, -0.25) is 9.59 Å². The van der Waals surface area contributed by atoms with Gasteiger partial charge in [-0.05, 0) is 36.8 Å². The molecule has 0 unspecified atom stereocenters. The number of nitrogens with zero attached hydrogens (tertiary/aromatic N) is 2. The first-order chi connectivity index (χ1) is 14.7. The molecule has 0 aliphatic rings. The number of benzene rings is 2. The maximum Gasteiger partial charge on any atom is 0.434 e. The normalized spacial score (nSPS) is 11.3. The third kappa shape index (κ3) is 4.90. The molecule has 3 rings (SSSR count). The van der Waals surface area contributed by atoms with Crippen molar-refractivity contribution < 1.29 is 27.2 Å². The molecule has 2 N–H and O–H groups in total. The summed E-state index contributed by atoms with van der Waals surface area (Å²) in [5, 5.41) is 8.63. The fourth-order valence-electron chi connectivity index (χ4n) is 2.91. The number of alkyl halides is 3. The number of carbonyl (C=O) groups is 2. The molecule has 1 heterocycles. The molecule has 3 aromatic rings. The molecule has 0 bridgehead atoms. The van der Waals surface area contributed by atoms with Crippen LogP contribution in [0.4, 0.5) is 17.6 Å². The highest BCUT2D eigenvalue weighted by Crippen LogP contribution is 2.34. The highest BCUT2D eigenvalue weighted by atomic mass is 19.4. The van der Waals surface area contributed by atoms with Crippen molar-refractivity contribution >= 4 is 11.8 Å². The fourth-order valence-corrected chi connectivity index (χ4v) is 2.91. The van der Waals surface area contributed by atoms with E-state index in [-0.39, 0.29) is 12.5 Å². The van der Waals surface area contributed by atoms with E-state index in [0.717, 1.165) is 18.3 Å². The zero-order chi connectivity index (χ0) is 22.6. The second-order valence-corrected chi connectivity index (χ2v) is 6.51. The van der Waals surface area contributed by atoms with E-state index < -0.39 is 34.8 Å². The van der Waals surface area contributed by atoms with Gasteiger partial charge in [0.05, 0.1) is 11.8 Å². The van der Waals surface area contributed by atoms with Gasteiger partial charge in [0, 0.05) is 18.7 Å². The molecule has 10 heteroatoms. The van der Waals surface area contributed by atoms with Crippen molar-refractivity contribution in [2.24, 2.45) is 0 Å². The van der Waals surface area contributed by atoms with Crippen LogP contribution in [0.25, 0.3) is 5.69 Å². The Morgan fingerprint density at radius 3 is 2.29 bits per heavy atom. The Kier molecular flexibility index (Phi) is 6.38. The lowest BCUT2D eigenvalue weighted by Gasteiger charge is -2.13. The van der Waals surface area contributed by atoms with Crippen molar-refractivity contribution in [3.05, 3.63) is 82.9 Å². The lowest BCUT2D eigenvalue weighted by molar-refractivity contribution is -0.143. The molecule has 0 spiro atoms. The van der Waals surface area contributed by atoms with Crippen LogP contribution in [0.5, 0.6) is 0 Å². The van der Waals surface area contributed by atoms with Gasteiger partial charge >= 0.3 is 6.18 Å². The van der Waals surface area contributed by atoms with E-state index in [1.807, 2.05) is 0 Å². The van der Waals surface area contributed by atoms with Crippen LogP contribution in [0.1, 0.15) is 38.9 Å². The molecule has 0 aliphatic carbocycles. The maximum absolute atomic E-state index is 14.0. The summed E-state index contributed by atoms with van der Waals surface area (Å²) < 4.78 is 55.4. The molecule has 2 amide bonds. The molecule has 162 valence electrons. The van der Waals surface area contributed by atoms with Gasteiger partial charge < -0.3 is 10.6 Å². The largest absolute Gasteiger partial charge is 0.434 e. The van der Waals surface area contributed by atoms with E-state index in [4.69, 9.17) is 0 Å². The monoisotopic (exact) mass is 434 g/mol. The summed E-state index contributed by atoms with van der Waals surface area (Å²) in [5.41, 5.74) is -1.52. The summed E-state index contributed by atoms with van der Waals surface area (Å²) in [4.78, 5) is 24.2. The van der Waals surface area contributed by atoms with Crippen LogP contribution in [0.15, 0.2) is 54.7 Å². The average Bonchev–Trinajstić information content (AvgIpc) is 3.18. The molecule has 0 fully saturated rings. The molecule has 2 aromatic carbocycles. The minimum Gasteiger partial charge on any atom is -0.352 e. The van der Waals surface area contributed by atoms with E-state index in [1.165, 1.54) is 12.1 Å². The minimum absolute atomic E-state index is 0.0727. The van der Waals surface area contributed by atoms with Crippen molar-refractivity contribution in [3.8, 4) is 5.69 Å². The number of carbonyl (C=O) groups excluding carboxylic acids is 2. The summed E-state index contributed by atoms with van der Waals surface area (Å²) in [6.45, 7) is 2.18. The third-order valence-electron chi connectivity index (χ3n) is 4.37. The Hall–Kier alpha value is -3.69. The van der Waals surface area contributed by atoms with E-state index in [9.17, 15) is 27.2 Å². The number of amides is 2. The topological polar surface area (TPSA) is 76.0 Å². The first-order valence-corrected chi connectivity index (χ1v) is 9.27. The fraction of sp³-hybridized carbons (Fsp3) is 0.190. The first kappa shape index (κ1) is 22.0. The van der Waals surface area contributed by atoms with Gasteiger partial charge in [0.2, 0.25) is 0 Å². The summed E-state index contributed by atoms with van der Waals surface area (Å²) in [6.07, 6.45) is -4.19. The number of hydrogen-bond donors (Lipinski definition) is 2. The zero-order valence-electron chi connectivity index (χ0n) is 16.3. The molecule has 6 nitrogen and oxygen atoms in total. The van der Waals surface area contributed by atoms with Crippen molar-refractivity contribution in [2.45, 2.75) is 19.6 Å². The van der Waals surface area contributed by atoms with Gasteiger partial charge in [0.1, 0.15) is 11.5 Å². The van der Waals surface area contributed by atoms with Crippen LogP contribution < -0.4 is 10.6 Å². The molecule has 0 saturated heterocycles. The number of nitrogens with one attached hydrogen (secondary N) is 2.